The number of ether oxygens (including phenoxy) is 2. The summed E-state index contributed by atoms with van der Waals surface area (Å²) in [6, 6.07) is 1.62. The van der Waals surface area contributed by atoms with Crippen molar-refractivity contribution in [2.24, 2.45) is 5.92 Å². The third kappa shape index (κ3) is 5.24. The van der Waals surface area contributed by atoms with Crippen molar-refractivity contribution in [2.75, 3.05) is 39.2 Å². The lowest BCUT2D eigenvalue weighted by Gasteiger charge is -2.15. The van der Waals surface area contributed by atoms with E-state index in [4.69, 9.17) is 9.47 Å². The minimum Gasteiger partial charge on any atom is -0.497 e. The molecule has 1 aliphatic heterocycles. The number of carbonyl (C=O) groups excluding carboxylic acids is 2. The Bertz CT molecular complexity index is 760. The number of allylic oxidation sites excluding steroid dienone is 3. The van der Waals surface area contributed by atoms with Crippen molar-refractivity contribution < 1.29 is 19.1 Å². The highest BCUT2D eigenvalue weighted by molar-refractivity contribution is 5.96. The summed E-state index contributed by atoms with van der Waals surface area (Å²) in [5.74, 6) is 0.0218. The Morgan fingerprint density at radius 2 is 2.22 bits per heavy atom. The number of methoxy groups -OCH3 is 2. The van der Waals surface area contributed by atoms with Crippen LogP contribution in [0.2, 0.25) is 0 Å². The van der Waals surface area contributed by atoms with E-state index in [0.717, 1.165) is 0 Å². The number of aromatic nitrogens is 2. The van der Waals surface area contributed by atoms with Gasteiger partial charge < -0.3 is 19.7 Å². The Balaban J connectivity index is 2.09. The molecule has 8 nitrogen and oxygen atoms in total. The third-order valence-corrected chi connectivity index (χ3v) is 4.18. The van der Waals surface area contributed by atoms with Gasteiger partial charge in [-0.3, -0.25) is 9.59 Å². The molecule has 1 N–H and O–H groups in total. The molecule has 0 saturated carbocycles. The molecule has 2 rings (SSSR count). The summed E-state index contributed by atoms with van der Waals surface area (Å²) in [6.07, 6.45) is 4.83. The molecule has 0 radical (unpaired) electrons. The number of rotatable bonds is 9. The van der Waals surface area contributed by atoms with Crippen molar-refractivity contribution in [3.05, 3.63) is 49.2 Å². The van der Waals surface area contributed by atoms with Gasteiger partial charge in [-0.2, -0.15) is 0 Å². The van der Waals surface area contributed by atoms with E-state index in [1.165, 1.54) is 13.4 Å². The minimum absolute atomic E-state index is 0.0526. The van der Waals surface area contributed by atoms with Crippen LogP contribution in [0, 0.1) is 5.92 Å². The van der Waals surface area contributed by atoms with E-state index in [9.17, 15) is 9.59 Å². The van der Waals surface area contributed by atoms with Gasteiger partial charge >= 0.3 is 0 Å². The van der Waals surface area contributed by atoms with E-state index in [1.807, 2.05) is 0 Å². The molecule has 2 amide bonds. The van der Waals surface area contributed by atoms with Crippen LogP contribution in [0.4, 0.5) is 5.82 Å². The fraction of sp³-hybridized carbons (Fsp3) is 0.368. The maximum atomic E-state index is 12.5. The highest BCUT2D eigenvalue weighted by atomic mass is 16.5. The van der Waals surface area contributed by atoms with Gasteiger partial charge in [0, 0.05) is 38.3 Å². The number of hydrogen-bond donors (Lipinski definition) is 1. The maximum absolute atomic E-state index is 12.5. The second kappa shape index (κ2) is 9.63. The molecule has 1 fully saturated rings. The molecule has 8 heteroatoms. The molecular formula is C19H24N4O4. The number of nitrogens with zero attached hydrogens (tertiary/aromatic N) is 3. The largest absolute Gasteiger partial charge is 0.497 e. The molecule has 1 saturated heterocycles. The fourth-order valence-electron chi connectivity index (χ4n) is 2.72. The van der Waals surface area contributed by atoms with E-state index in [1.54, 1.807) is 30.2 Å². The van der Waals surface area contributed by atoms with E-state index in [0.29, 0.717) is 42.5 Å². The second-order valence-electron chi connectivity index (χ2n) is 5.95. The van der Waals surface area contributed by atoms with Gasteiger partial charge in [0.2, 0.25) is 11.8 Å². The number of likely N-dealkylation sites (tertiary alicyclic amines) is 1. The van der Waals surface area contributed by atoms with Crippen molar-refractivity contribution in [1.29, 1.82) is 0 Å². The number of carbonyl (C=O) groups is 2. The standard InChI is InChI=1S/C19H24N4O4/c1-5-6-15(13(2)27-4)16-10-17(21-12-20-16)22-19(25)14-9-18(24)23(11-14)7-8-26-3/h5-6,10,12,14H,1-2,7-9,11H2,3-4H3,(H,20,21,22,25)/b15-6+. The fourth-order valence-corrected chi connectivity index (χ4v) is 2.72. The Morgan fingerprint density at radius 1 is 1.44 bits per heavy atom. The van der Waals surface area contributed by atoms with E-state index in [-0.39, 0.29) is 18.2 Å². The average Bonchev–Trinajstić information content (AvgIpc) is 3.04. The van der Waals surface area contributed by atoms with Gasteiger partial charge in [-0.1, -0.05) is 19.2 Å². The predicted octanol–water partition coefficient (Wildman–Crippen LogP) is 1.64. The van der Waals surface area contributed by atoms with Gasteiger partial charge in [0.05, 0.1) is 25.3 Å². The van der Waals surface area contributed by atoms with Gasteiger partial charge in [-0.15, -0.1) is 0 Å². The van der Waals surface area contributed by atoms with E-state index >= 15 is 0 Å². The Hall–Kier alpha value is -3.00. The predicted molar refractivity (Wildman–Crippen MR) is 102 cm³/mol. The summed E-state index contributed by atoms with van der Waals surface area (Å²) in [5, 5.41) is 2.75. The molecule has 1 aromatic heterocycles. The maximum Gasteiger partial charge on any atom is 0.230 e. The second-order valence-corrected chi connectivity index (χ2v) is 5.95. The van der Waals surface area contributed by atoms with Crippen LogP contribution in [0.3, 0.4) is 0 Å². The molecule has 2 heterocycles. The van der Waals surface area contributed by atoms with E-state index in [2.05, 4.69) is 28.4 Å². The molecule has 27 heavy (non-hydrogen) atoms. The topological polar surface area (TPSA) is 93.7 Å². The van der Waals surface area contributed by atoms with Crippen LogP contribution in [0.5, 0.6) is 0 Å². The van der Waals surface area contributed by atoms with Crippen LogP contribution in [-0.4, -0.2) is 60.6 Å². The molecule has 1 atom stereocenters. The normalized spacial score (nSPS) is 17.0. The zero-order valence-corrected chi connectivity index (χ0v) is 15.6. The summed E-state index contributed by atoms with van der Waals surface area (Å²) in [4.78, 5) is 34.4. The number of amides is 2. The van der Waals surface area contributed by atoms with Crippen LogP contribution in [-0.2, 0) is 19.1 Å². The number of anilines is 1. The van der Waals surface area contributed by atoms with Crippen molar-refractivity contribution in [1.82, 2.24) is 14.9 Å². The highest BCUT2D eigenvalue weighted by Crippen LogP contribution is 2.23. The van der Waals surface area contributed by atoms with Crippen LogP contribution in [0.15, 0.2) is 43.5 Å². The lowest BCUT2D eigenvalue weighted by molar-refractivity contribution is -0.128. The van der Waals surface area contributed by atoms with Gasteiger partial charge in [0.1, 0.15) is 17.9 Å². The first kappa shape index (κ1) is 20.3. The summed E-state index contributed by atoms with van der Waals surface area (Å²) < 4.78 is 10.2. The molecule has 0 bridgehead atoms. The Kier molecular flexibility index (Phi) is 7.25. The SMILES string of the molecule is C=C/C=C(\C(=C)OC)c1cc(NC(=O)C2CC(=O)N(CCOC)C2)ncn1. The first-order valence-corrected chi connectivity index (χ1v) is 8.46. The van der Waals surface area contributed by atoms with Crippen LogP contribution >= 0.6 is 0 Å². The minimum atomic E-state index is -0.426. The third-order valence-electron chi connectivity index (χ3n) is 4.18. The molecule has 0 spiro atoms. The van der Waals surface area contributed by atoms with Crippen molar-refractivity contribution >= 4 is 23.2 Å². The highest BCUT2D eigenvalue weighted by Gasteiger charge is 2.34. The Morgan fingerprint density at radius 3 is 2.89 bits per heavy atom. The zero-order valence-electron chi connectivity index (χ0n) is 15.6. The monoisotopic (exact) mass is 372 g/mol. The van der Waals surface area contributed by atoms with Crippen molar-refractivity contribution in [3.8, 4) is 0 Å². The van der Waals surface area contributed by atoms with Crippen LogP contribution < -0.4 is 5.32 Å². The van der Waals surface area contributed by atoms with Gasteiger partial charge in [0.25, 0.3) is 0 Å². The molecular weight excluding hydrogens is 348 g/mol. The lowest BCUT2D eigenvalue weighted by Crippen LogP contribution is -2.31. The van der Waals surface area contributed by atoms with E-state index < -0.39 is 5.92 Å². The van der Waals surface area contributed by atoms with Crippen LogP contribution in [0.25, 0.3) is 5.57 Å². The summed E-state index contributed by atoms with van der Waals surface area (Å²) in [7, 11) is 3.08. The molecule has 1 aromatic rings. The zero-order chi connectivity index (χ0) is 19.8. The molecule has 1 aliphatic rings. The van der Waals surface area contributed by atoms with Gasteiger partial charge in [-0.25, -0.2) is 9.97 Å². The van der Waals surface area contributed by atoms with Gasteiger partial charge in [-0.05, 0) is 6.08 Å². The molecule has 0 aliphatic carbocycles. The number of hydrogen-bond acceptors (Lipinski definition) is 6. The summed E-state index contributed by atoms with van der Waals surface area (Å²) >= 11 is 0. The Labute approximate surface area is 158 Å². The smallest absolute Gasteiger partial charge is 0.230 e. The van der Waals surface area contributed by atoms with Gasteiger partial charge in [0.15, 0.2) is 0 Å². The summed E-state index contributed by atoms with van der Waals surface area (Å²) in [5.41, 5.74) is 1.17. The van der Waals surface area contributed by atoms with Crippen molar-refractivity contribution in [3.63, 3.8) is 0 Å². The first-order valence-electron chi connectivity index (χ1n) is 8.46. The molecule has 1 unspecified atom stereocenters. The molecule has 144 valence electrons. The summed E-state index contributed by atoms with van der Waals surface area (Å²) in [6.45, 7) is 8.78. The lowest BCUT2D eigenvalue weighted by atomic mass is 10.1. The average molecular weight is 372 g/mol. The number of nitrogens with one attached hydrogen (secondary N) is 1. The quantitative estimate of drug-likeness (QED) is 0.523. The molecule has 0 aromatic carbocycles. The first-order chi connectivity index (χ1) is 13.0. The van der Waals surface area contributed by atoms with Crippen LogP contribution in [0.1, 0.15) is 12.1 Å². The van der Waals surface area contributed by atoms with Crippen molar-refractivity contribution in [2.45, 2.75) is 6.42 Å².